The van der Waals surface area contributed by atoms with E-state index in [-0.39, 0.29) is 17.1 Å². The lowest BCUT2D eigenvalue weighted by atomic mass is 10.1. The van der Waals surface area contributed by atoms with Crippen molar-refractivity contribution in [3.63, 3.8) is 0 Å². The van der Waals surface area contributed by atoms with Crippen LogP contribution in [-0.4, -0.2) is 28.6 Å². The maximum absolute atomic E-state index is 11.5. The second-order valence-corrected chi connectivity index (χ2v) is 5.08. The summed E-state index contributed by atoms with van der Waals surface area (Å²) in [5.41, 5.74) is -0.0505. The van der Waals surface area contributed by atoms with Crippen LogP contribution in [0.3, 0.4) is 0 Å². The molecule has 0 atom stereocenters. The molecule has 0 saturated carbocycles. The van der Waals surface area contributed by atoms with Crippen molar-refractivity contribution in [3.05, 3.63) is 0 Å². The SMILES string of the molecule is CC(C)(C)NC(=O)N1CC1(C)C. The first-order valence-electron chi connectivity index (χ1n) is 4.32. The standard InChI is InChI=1S/C9H18N2O/c1-8(2,3)10-7(12)11-6-9(11,4)5/h6H2,1-5H3,(H,10,12). The molecule has 3 heteroatoms. The van der Waals surface area contributed by atoms with E-state index >= 15 is 0 Å². The number of carbonyl (C=O) groups is 1. The Balaban J connectivity index is 2.42. The van der Waals surface area contributed by atoms with Crippen LogP contribution < -0.4 is 5.32 Å². The molecule has 3 nitrogen and oxygen atoms in total. The summed E-state index contributed by atoms with van der Waals surface area (Å²) in [6, 6.07) is 0.0486. The van der Waals surface area contributed by atoms with Crippen molar-refractivity contribution in [2.75, 3.05) is 6.54 Å². The summed E-state index contributed by atoms with van der Waals surface area (Å²) in [6.45, 7) is 11.0. The molecule has 1 N–H and O–H groups in total. The fourth-order valence-electron chi connectivity index (χ4n) is 1.09. The van der Waals surface area contributed by atoms with Gasteiger partial charge in [-0.25, -0.2) is 4.79 Å². The Morgan fingerprint density at radius 2 is 1.83 bits per heavy atom. The molecular weight excluding hydrogens is 152 g/mol. The Morgan fingerprint density at radius 3 is 2.08 bits per heavy atom. The van der Waals surface area contributed by atoms with Crippen LogP contribution in [0.1, 0.15) is 34.6 Å². The Labute approximate surface area is 74.1 Å². The number of hydrogen-bond donors (Lipinski definition) is 1. The number of nitrogens with zero attached hydrogens (tertiary/aromatic N) is 1. The largest absolute Gasteiger partial charge is 0.333 e. The molecule has 1 aliphatic heterocycles. The van der Waals surface area contributed by atoms with Gasteiger partial charge in [-0.15, -0.1) is 0 Å². The maximum atomic E-state index is 11.5. The first kappa shape index (κ1) is 9.36. The molecule has 70 valence electrons. The van der Waals surface area contributed by atoms with Crippen molar-refractivity contribution in [2.24, 2.45) is 0 Å². The molecule has 0 aromatic heterocycles. The predicted octanol–water partition coefficient (Wildman–Crippen LogP) is 1.59. The van der Waals surface area contributed by atoms with E-state index in [2.05, 4.69) is 19.2 Å². The lowest BCUT2D eigenvalue weighted by Crippen LogP contribution is -2.44. The monoisotopic (exact) mass is 170 g/mol. The Bertz CT molecular complexity index is 203. The van der Waals surface area contributed by atoms with Crippen LogP contribution in [0.5, 0.6) is 0 Å². The zero-order chi connectivity index (χ0) is 9.57. The van der Waals surface area contributed by atoms with Crippen LogP contribution >= 0.6 is 0 Å². The zero-order valence-corrected chi connectivity index (χ0v) is 8.56. The number of amides is 2. The second kappa shape index (κ2) is 2.38. The molecule has 1 rings (SSSR count). The van der Waals surface area contributed by atoms with E-state index in [1.165, 1.54) is 0 Å². The van der Waals surface area contributed by atoms with Crippen molar-refractivity contribution < 1.29 is 4.79 Å². The van der Waals surface area contributed by atoms with Crippen LogP contribution in [0.25, 0.3) is 0 Å². The van der Waals surface area contributed by atoms with Crippen molar-refractivity contribution in [1.29, 1.82) is 0 Å². The number of nitrogens with one attached hydrogen (secondary N) is 1. The molecule has 0 bridgehead atoms. The fraction of sp³-hybridized carbons (Fsp3) is 0.889. The van der Waals surface area contributed by atoms with Crippen LogP contribution in [0.2, 0.25) is 0 Å². The third-order valence-electron chi connectivity index (χ3n) is 1.90. The Morgan fingerprint density at radius 1 is 1.42 bits per heavy atom. The lowest BCUT2D eigenvalue weighted by molar-refractivity contribution is 0.214. The molecule has 0 spiro atoms. The van der Waals surface area contributed by atoms with E-state index in [1.807, 2.05) is 25.7 Å². The molecule has 0 aromatic carbocycles. The van der Waals surface area contributed by atoms with Crippen LogP contribution in [0.4, 0.5) is 4.79 Å². The summed E-state index contributed by atoms with van der Waals surface area (Å²) < 4.78 is 0. The minimum Gasteiger partial charge on any atom is -0.333 e. The van der Waals surface area contributed by atoms with Gasteiger partial charge in [-0.2, -0.15) is 0 Å². The quantitative estimate of drug-likeness (QED) is 0.550. The van der Waals surface area contributed by atoms with E-state index in [0.29, 0.717) is 0 Å². The highest BCUT2D eigenvalue weighted by Gasteiger charge is 2.47. The van der Waals surface area contributed by atoms with E-state index in [1.54, 1.807) is 0 Å². The topological polar surface area (TPSA) is 32.1 Å². The van der Waals surface area contributed by atoms with Gasteiger partial charge in [0.1, 0.15) is 0 Å². The summed E-state index contributed by atoms with van der Waals surface area (Å²) in [5.74, 6) is 0. The summed E-state index contributed by atoms with van der Waals surface area (Å²) in [6.07, 6.45) is 0. The first-order chi connectivity index (χ1) is 5.22. The highest BCUT2D eigenvalue weighted by atomic mass is 16.2. The van der Waals surface area contributed by atoms with Gasteiger partial charge in [-0.1, -0.05) is 0 Å². The van der Waals surface area contributed by atoms with Crippen molar-refractivity contribution >= 4 is 6.03 Å². The van der Waals surface area contributed by atoms with E-state index in [9.17, 15) is 4.79 Å². The molecule has 1 aliphatic rings. The van der Waals surface area contributed by atoms with Crippen molar-refractivity contribution in [2.45, 2.75) is 45.7 Å². The molecule has 2 amide bonds. The Hall–Kier alpha value is -0.730. The summed E-state index contributed by atoms with van der Waals surface area (Å²) in [7, 11) is 0. The van der Waals surface area contributed by atoms with E-state index in [4.69, 9.17) is 0 Å². The fourth-order valence-corrected chi connectivity index (χ4v) is 1.09. The summed E-state index contributed by atoms with van der Waals surface area (Å²) in [5, 5.41) is 2.92. The van der Waals surface area contributed by atoms with Gasteiger partial charge in [-0.05, 0) is 34.6 Å². The maximum Gasteiger partial charge on any atom is 0.318 e. The van der Waals surface area contributed by atoms with E-state index < -0.39 is 0 Å². The number of rotatable bonds is 0. The average molecular weight is 170 g/mol. The second-order valence-electron chi connectivity index (χ2n) is 5.08. The third kappa shape index (κ3) is 2.13. The van der Waals surface area contributed by atoms with Gasteiger partial charge in [0.25, 0.3) is 0 Å². The van der Waals surface area contributed by atoms with Gasteiger partial charge < -0.3 is 10.2 Å². The molecule has 0 aromatic rings. The third-order valence-corrected chi connectivity index (χ3v) is 1.90. The normalized spacial score (nSPS) is 20.6. The van der Waals surface area contributed by atoms with Gasteiger partial charge in [0.05, 0.1) is 5.54 Å². The van der Waals surface area contributed by atoms with Gasteiger partial charge in [0, 0.05) is 12.1 Å². The molecule has 1 fully saturated rings. The zero-order valence-electron chi connectivity index (χ0n) is 8.56. The molecule has 0 aliphatic carbocycles. The molecule has 1 heterocycles. The number of carbonyl (C=O) groups excluding carboxylic acids is 1. The average Bonchev–Trinajstić information content (AvgIpc) is 2.35. The smallest absolute Gasteiger partial charge is 0.318 e. The molecule has 0 unspecified atom stereocenters. The minimum absolute atomic E-state index is 0.0486. The highest BCUT2D eigenvalue weighted by Crippen LogP contribution is 2.30. The number of urea groups is 1. The van der Waals surface area contributed by atoms with Crippen LogP contribution in [0.15, 0.2) is 0 Å². The molecular formula is C9H18N2O. The lowest BCUT2D eigenvalue weighted by Gasteiger charge is -2.21. The van der Waals surface area contributed by atoms with Crippen molar-refractivity contribution in [1.82, 2.24) is 10.2 Å². The van der Waals surface area contributed by atoms with Crippen LogP contribution in [-0.2, 0) is 0 Å². The van der Waals surface area contributed by atoms with E-state index in [0.717, 1.165) is 6.54 Å². The van der Waals surface area contributed by atoms with Crippen LogP contribution in [0, 0.1) is 0 Å². The van der Waals surface area contributed by atoms with Gasteiger partial charge in [0.2, 0.25) is 0 Å². The Kier molecular flexibility index (Phi) is 1.85. The molecule has 0 radical (unpaired) electrons. The van der Waals surface area contributed by atoms with Crippen molar-refractivity contribution in [3.8, 4) is 0 Å². The first-order valence-corrected chi connectivity index (χ1v) is 4.32. The molecule has 12 heavy (non-hydrogen) atoms. The summed E-state index contributed by atoms with van der Waals surface area (Å²) in [4.78, 5) is 13.3. The predicted molar refractivity (Wildman–Crippen MR) is 49.1 cm³/mol. The van der Waals surface area contributed by atoms with Gasteiger partial charge in [0.15, 0.2) is 0 Å². The summed E-state index contributed by atoms with van der Waals surface area (Å²) >= 11 is 0. The van der Waals surface area contributed by atoms with Gasteiger partial charge in [-0.3, -0.25) is 0 Å². The molecule has 1 saturated heterocycles. The highest BCUT2D eigenvalue weighted by molar-refractivity contribution is 5.78. The number of hydrogen-bond acceptors (Lipinski definition) is 1. The minimum atomic E-state index is -0.129. The van der Waals surface area contributed by atoms with Gasteiger partial charge >= 0.3 is 6.03 Å².